The molecular weight excluding hydrogens is 282 g/mol. The number of carbonyl (C=O) groups excluding carboxylic acids is 1. The number of furan rings is 1. The molecule has 22 heavy (non-hydrogen) atoms. The van der Waals surface area contributed by atoms with Gasteiger partial charge in [-0.25, -0.2) is 0 Å². The van der Waals surface area contributed by atoms with Gasteiger partial charge >= 0.3 is 5.97 Å². The molecule has 0 spiro atoms. The van der Waals surface area contributed by atoms with E-state index in [1.165, 1.54) is 11.2 Å². The standard InChI is InChI=1S/C17H19NO4/c1-12(17(20)21)11-18(16(19)15-9-6-10-22-15)13(2)14-7-4-3-5-8-14/h3-10,12-13H,11H2,1-2H3,(H,20,21). The van der Waals surface area contributed by atoms with E-state index < -0.39 is 11.9 Å². The smallest absolute Gasteiger partial charge is 0.308 e. The third-order valence-electron chi connectivity index (χ3n) is 3.63. The van der Waals surface area contributed by atoms with E-state index in [4.69, 9.17) is 9.52 Å². The third-order valence-corrected chi connectivity index (χ3v) is 3.63. The lowest BCUT2D eigenvalue weighted by Crippen LogP contribution is -2.38. The third kappa shape index (κ3) is 3.55. The predicted molar refractivity (Wildman–Crippen MR) is 81.4 cm³/mol. The van der Waals surface area contributed by atoms with E-state index in [0.29, 0.717) is 0 Å². The zero-order chi connectivity index (χ0) is 16.1. The summed E-state index contributed by atoms with van der Waals surface area (Å²) in [5.41, 5.74) is 0.944. The lowest BCUT2D eigenvalue weighted by Gasteiger charge is -2.30. The average molecular weight is 301 g/mol. The van der Waals surface area contributed by atoms with Gasteiger partial charge in [-0.1, -0.05) is 37.3 Å². The zero-order valence-corrected chi connectivity index (χ0v) is 12.6. The minimum Gasteiger partial charge on any atom is -0.481 e. The zero-order valence-electron chi connectivity index (χ0n) is 12.6. The highest BCUT2D eigenvalue weighted by molar-refractivity contribution is 5.92. The monoisotopic (exact) mass is 301 g/mol. The number of carboxylic acids is 1. The van der Waals surface area contributed by atoms with Crippen LogP contribution in [0.25, 0.3) is 0 Å². The van der Waals surface area contributed by atoms with Gasteiger partial charge in [0.15, 0.2) is 5.76 Å². The topological polar surface area (TPSA) is 70.8 Å². The van der Waals surface area contributed by atoms with Crippen LogP contribution in [0.15, 0.2) is 53.1 Å². The van der Waals surface area contributed by atoms with Gasteiger partial charge in [0, 0.05) is 6.54 Å². The fourth-order valence-electron chi connectivity index (χ4n) is 2.24. The van der Waals surface area contributed by atoms with Crippen LogP contribution in [0.4, 0.5) is 0 Å². The van der Waals surface area contributed by atoms with Crippen LogP contribution in [0.1, 0.15) is 36.0 Å². The number of benzene rings is 1. The number of hydrogen-bond donors (Lipinski definition) is 1. The maximum absolute atomic E-state index is 12.6. The molecule has 1 aromatic heterocycles. The first-order valence-corrected chi connectivity index (χ1v) is 7.13. The minimum absolute atomic E-state index is 0.116. The summed E-state index contributed by atoms with van der Waals surface area (Å²) >= 11 is 0. The van der Waals surface area contributed by atoms with Gasteiger partial charge in [0.05, 0.1) is 18.2 Å². The quantitative estimate of drug-likeness (QED) is 0.889. The normalized spacial score (nSPS) is 13.4. The van der Waals surface area contributed by atoms with Gasteiger partial charge in [-0.2, -0.15) is 0 Å². The van der Waals surface area contributed by atoms with Crippen molar-refractivity contribution in [2.45, 2.75) is 19.9 Å². The molecule has 116 valence electrons. The summed E-state index contributed by atoms with van der Waals surface area (Å²) in [4.78, 5) is 25.3. The average Bonchev–Trinajstić information content (AvgIpc) is 3.06. The molecule has 0 aliphatic rings. The summed E-state index contributed by atoms with van der Waals surface area (Å²) < 4.78 is 5.17. The van der Waals surface area contributed by atoms with Gasteiger partial charge in [0.25, 0.3) is 5.91 Å². The maximum Gasteiger partial charge on any atom is 0.308 e. The van der Waals surface area contributed by atoms with Crippen molar-refractivity contribution < 1.29 is 19.1 Å². The molecule has 2 atom stereocenters. The summed E-state index contributed by atoms with van der Waals surface area (Å²) in [6.45, 7) is 3.58. The highest BCUT2D eigenvalue weighted by Gasteiger charge is 2.28. The van der Waals surface area contributed by atoms with E-state index in [0.717, 1.165) is 5.56 Å². The van der Waals surface area contributed by atoms with Crippen LogP contribution in [-0.4, -0.2) is 28.4 Å². The second kappa shape index (κ2) is 6.93. The molecule has 2 aromatic rings. The molecule has 1 aromatic carbocycles. The van der Waals surface area contributed by atoms with Crippen LogP contribution in [0.3, 0.4) is 0 Å². The molecule has 0 saturated heterocycles. The van der Waals surface area contributed by atoms with E-state index in [2.05, 4.69) is 0 Å². The van der Waals surface area contributed by atoms with Gasteiger partial charge < -0.3 is 14.4 Å². The second-order valence-electron chi connectivity index (χ2n) is 5.26. The van der Waals surface area contributed by atoms with Gasteiger partial charge in [0.2, 0.25) is 0 Å². The van der Waals surface area contributed by atoms with E-state index in [-0.39, 0.29) is 24.3 Å². The molecule has 0 saturated carbocycles. The number of carboxylic acid groups (broad SMARTS) is 1. The van der Waals surface area contributed by atoms with Crippen molar-refractivity contribution in [2.24, 2.45) is 5.92 Å². The van der Waals surface area contributed by atoms with Gasteiger partial charge in [-0.05, 0) is 24.6 Å². The van der Waals surface area contributed by atoms with E-state index in [1.807, 2.05) is 37.3 Å². The summed E-state index contributed by atoms with van der Waals surface area (Å²) in [5.74, 6) is -1.70. The molecule has 0 fully saturated rings. The molecule has 5 nitrogen and oxygen atoms in total. The lowest BCUT2D eigenvalue weighted by molar-refractivity contribution is -0.141. The van der Waals surface area contributed by atoms with Crippen LogP contribution < -0.4 is 0 Å². The largest absolute Gasteiger partial charge is 0.481 e. The van der Waals surface area contributed by atoms with E-state index in [1.54, 1.807) is 19.1 Å². The lowest BCUT2D eigenvalue weighted by atomic mass is 10.0. The molecule has 2 unspecified atom stereocenters. The van der Waals surface area contributed by atoms with Crippen molar-refractivity contribution in [2.75, 3.05) is 6.54 Å². The molecule has 2 rings (SSSR count). The summed E-state index contributed by atoms with van der Waals surface area (Å²) in [7, 11) is 0. The van der Waals surface area contributed by atoms with Crippen molar-refractivity contribution >= 4 is 11.9 Å². The summed E-state index contributed by atoms with van der Waals surface area (Å²) in [6.07, 6.45) is 1.43. The van der Waals surface area contributed by atoms with Crippen LogP contribution >= 0.6 is 0 Å². The summed E-state index contributed by atoms with van der Waals surface area (Å²) in [5, 5.41) is 9.13. The molecule has 1 amide bonds. The number of amides is 1. The first kappa shape index (κ1) is 15.8. The van der Waals surface area contributed by atoms with Crippen LogP contribution in [0.5, 0.6) is 0 Å². The highest BCUT2D eigenvalue weighted by Crippen LogP contribution is 2.23. The Morgan fingerprint density at radius 2 is 1.82 bits per heavy atom. The molecule has 0 radical (unpaired) electrons. The SMILES string of the molecule is CC(CN(C(=O)c1ccco1)C(C)c1ccccc1)C(=O)O. The van der Waals surface area contributed by atoms with Crippen molar-refractivity contribution in [3.63, 3.8) is 0 Å². The van der Waals surface area contributed by atoms with Crippen LogP contribution in [0, 0.1) is 5.92 Å². The Morgan fingerprint density at radius 1 is 1.14 bits per heavy atom. The first-order chi connectivity index (χ1) is 10.5. The Bertz CT molecular complexity index is 621. The number of rotatable bonds is 6. The van der Waals surface area contributed by atoms with Crippen LogP contribution in [0.2, 0.25) is 0 Å². The fraction of sp³-hybridized carbons (Fsp3) is 0.294. The van der Waals surface area contributed by atoms with Crippen molar-refractivity contribution in [1.82, 2.24) is 4.90 Å². The Labute approximate surface area is 129 Å². The van der Waals surface area contributed by atoms with Gasteiger partial charge in [-0.3, -0.25) is 9.59 Å². The van der Waals surface area contributed by atoms with E-state index in [9.17, 15) is 9.59 Å². The van der Waals surface area contributed by atoms with Gasteiger partial charge in [-0.15, -0.1) is 0 Å². The molecule has 0 bridgehead atoms. The molecule has 1 heterocycles. The van der Waals surface area contributed by atoms with Crippen molar-refractivity contribution in [3.8, 4) is 0 Å². The molecule has 0 aliphatic heterocycles. The number of hydrogen-bond acceptors (Lipinski definition) is 3. The number of aliphatic carboxylic acids is 1. The number of nitrogens with zero attached hydrogens (tertiary/aromatic N) is 1. The first-order valence-electron chi connectivity index (χ1n) is 7.13. The molecule has 1 N–H and O–H groups in total. The maximum atomic E-state index is 12.6. The van der Waals surface area contributed by atoms with Crippen molar-refractivity contribution in [3.05, 3.63) is 60.1 Å². The second-order valence-corrected chi connectivity index (χ2v) is 5.26. The minimum atomic E-state index is -0.933. The molecular formula is C17H19NO4. The Morgan fingerprint density at radius 3 is 2.36 bits per heavy atom. The van der Waals surface area contributed by atoms with Crippen molar-refractivity contribution in [1.29, 1.82) is 0 Å². The summed E-state index contributed by atoms with van der Waals surface area (Å²) in [6, 6.07) is 12.5. The fourth-order valence-corrected chi connectivity index (χ4v) is 2.24. The molecule has 0 aliphatic carbocycles. The van der Waals surface area contributed by atoms with E-state index >= 15 is 0 Å². The van der Waals surface area contributed by atoms with Crippen LogP contribution in [-0.2, 0) is 4.79 Å². The molecule has 5 heteroatoms. The Balaban J connectivity index is 2.28. The van der Waals surface area contributed by atoms with Gasteiger partial charge in [0.1, 0.15) is 0 Å². The Hall–Kier alpha value is -2.56. The highest BCUT2D eigenvalue weighted by atomic mass is 16.4. The Kier molecular flexibility index (Phi) is 4.99. The predicted octanol–water partition coefficient (Wildman–Crippen LogP) is 3.20. The number of carbonyl (C=O) groups is 2.